The summed E-state index contributed by atoms with van der Waals surface area (Å²) in [7, 11) is 0. The summed E-state index contributed by atoms with van der Waals surface area (Å²) in [5.74, 6) is 0.521. The highest BCUT2D eigenvalue weighted by Crippen LogP contribution is 2.33. The number of carbonyl (C=O) groups is 1. The summed E-state index contributed by atoms with van der Waals surface area (Å²) in [5.41, 5.74) is 3.84. The Morgan fingerprint density at radius 3 is 2.33 bits per heavy atom. The molecule has 1 aromatic carbocycles. The molecule has 0 N–H and O–H groups in total. The Labute approximate surface area is 117 Å². The van der Waals surface area contributed by atoms with Gasteiger partial charge in [-0.2, -0.15) is 0 Å². The largest absolute Gasteiger partial charge is 0.367 e. The number of hydrogen-bond acceptors (Lipinski definition) is 2. The van der Waals surface area contributed by atoms with Crippen LogP contribution in [-0.2, 0) is 4.79 Å². The Morgan fingerprint density at radius 1 is 1.22 bits per heavy atom. The number of anilines is 1. The Kier molecular flexibility index (Phi) is 3.81. The topological polar surface area (TPSA) is 20.3 Å². The van der Waals surface area contributed by atoms with E-state index in [0.717, 1.165) is 11.0 Å². The van der Waals surface area contributed by atoms with Crippen molar-refractivity contribution in [3.05, 3.63) is 27.7 Å². The van der Waals surface area contributed by atoms with E-state index < -0.39 is 0 Å². The van der Waals surface area contributed by atoms with Crippen molar-refractivity contribution in [2.45, 2.75) is 40.2 Å². The van der Waals surface area contributed by atoms with Crippen LogP contribution in [0.15, 0.2) is 16.6 Å². The van der Waals surface area contributed by atoms with Crippen molar-refractivity contribution < 1.29 is 4.79 Å². The number of halogens is 1. The summed E-state index contributed by atoms with van der Waals surface area (Å²) < 4.78 is 1.12. The standard InChI is InChI=1S/C15H20BrNO/c1-9-7-13(16)8-10(2)15(9)17-6-5-14(18)11(3)12(17)4/h7-8,11-12H,5-6H2,1-4H3. The average molecular weight is 310 g/mol. The highest BCUT2D eigenvalue weighted by atomic mass is 79.9. The Morgan fingerprint density at radius 2 is 1.78 bits per heavy atom. The van der Waals surface area contributed by atoms with Crippen molar-refractivity contribution in [3.63, 3.8) is 0 Å². The summed E-state index contributed by atoms with van der Waals surface area (Å²) in [6, 6.07) is 4.58. The fourth-order valence-electron chi connectivity index (χ4n) is 2.87. The van der Waals surface area contributed by atoms with Gasteiger partial charge in [0.2, 0.25) is 0 Å². The summed E-state index contributed by atoms with van der Waals surface area (Å²) in [6.45, 7) is 9.32. The summed E-state index contributed by atoms with van der Waals surface area (Å²) in [6.07, 6.45) is 0.667. The molecule has 0 spiro atoms. The quantitative estimate of drug-likeness (QED) is 0.785. The Bertz CT molecular complexity index is 460. The molecule has 0 saturated carbocycles. The van der Waals surface area contributed by atoms with Crippen LogP contribution in [0, 0.1) is 19.8 Å². The maximum Gasteiger partial charge on any atom is 0.139 e. The molecular formula is C15H20BrNO. The van der Waals surface area contributed by atoms with Gasteiger partial charge in [-0.05, 0) is 44.0 Å². The van der Waals surface area contributed by atoms with Gasteiger partial charge in [-0.15, -0.1) is 0 Å². The molecule has 1 saturated heterocycles. The van der Waals surface area contributed by atoms with Crippen molar-refractivity contribution in [3.8, 4) is 0 Å². The number of piperidine rings is 1. The van der Waals surface area contributed by atoms with Crippen molar-refractivity contribution >= 4 is 27.4 Å². The molecule has 0 bridgehead atoms. The number of rotatable bonds is 1. The normalized spacial score (nSPS) is 24.5. The fourth-order valence-corrected chi connectivity index (χ4v) is 3.56. The van der Waals surface area contributed by atoms with E-state index in [1.54, 1.807) is 0 Å². The number of hydrogen-bond donors (Lipinski definition) is 0. The number of nitrogens with zero attached hydrogens (tertiary/aromatic N) is 1. The molecular weight excluding hydrogens is 290 g/mol. The van der Waals surface area contributed by atoms with Crippen LogP contribution in [0.3, 0.4) is 0 Å². The molecule has 2 rings (SSSR count). The molecule has 0 aromatic heterocycles. The van der Waals surface area contributed by atoms with Crippen molar-refractivity contribution in [2.75, 3.05) is 11.4 Å². The van der Waals surface area contributed by atoms with Gasteiger partial charge >= 0.3 is 0 Å². The van der Waals surface area contributed by atoms with E-state index in [1.807, 2.05) is 6.92 Å². The molecule has 1 fully saturated rings. The van der Waals surface area contributed by atoms with Gasteiger partial charge in [0.05, 0.1) is 0 Å². The van der Waals surface area contributed by atoms with E-state index in [9.17, 15) is 4.79 Å². The highest BCUT2D eigenvalue weighted by Gasteiger charge is 2.32. The van der Waals surface area contributed by atoms with Crippen molar-refractivity contribution in [1.82, 2.24) is 0 Å². The zero-order chi connectivity index (χ0) is 13.4. The monoisotopic (exact) mass is 309 g/mol. The third-order valence-corrected chi connectivity index (χ3v) is 4.52. The Balaban J connectivity index is 2.40. The first kappa shape index (κ1) is 13.6. The molecule has 1 aliphatic heterocycles. The lowest BCUT2D eigenvalue weighted by Crippen LogP contribution is -2.47. The number of ketones is 1. The van der Waals surface area contributed by atoms with Gasteiger partial charge < -0.3 is 4.90 Å². The zero-order valence-corrected chi connectivity index (χ0v) is 13.0. The summed E-state index contributed by atoms with van der Waals surface area (Å²) in [4.78, 5) is 14.2. The van der Waals surface area contributed by atoms with Gasteiger partial charge in [0.1, 0.15) is 5.78 Å². The predicted molar refractivity (Wildman–Crippen MR) is 79.2 cm³/mol. The Hall–Kier alpha value is -0.830. The molecule has 2 unspecified atom stereocenters. The number of benzene rings is 1. The smallest absolute Gasteiger partial charge is 0.139 e. The van der Waals surface area contributed by atoms with E-state index >= 15 is 0 Å². The molecule has 18 heavy (non-hydrogen) atoms. The van der Waals surface area contributed by atoms with Crippen LogP contribution >= 0.6 is 15.9 Å². The van der Waals surface area contributed by atoms with Crippen LogP contribution in [0.5, 0.6) is 0 Å². The predicted octanol–water partition coefficient (Wildman–Crippen LogP) is 3.87. The SMILES string of the molecule is Cc1cc(Br)cc(C)c1N1CCC(=O)C(C)C1C. The van der Waals surface area contributed by atoms with Crippen LogP contribution in [0.1, 0.15) is 31.4 Å². The van der Waals surface area contributed by atoms with E-state index in [0.29, 0.717) is 12.2 Å². The molecule has 98 valence electrons. The third-order valence-electron chi connectivity index (χ3n) is 4.07. The average Bonchev–Trinajstić information content (AvgIpc) is 2.28. The minimum atomic E-state index is 0.126. The van der Waals surface area contributed by atoms with Crippen LogP contribution in [0.25, 0.3) is 0 Å². The number of Topliss-reactive ketones (excluding diaryl/α,β-unsaturated/α-hetero) is 1. The van der Waals surface area contributed by atoms with Crippen LogP contribution in [-0.4, -0.2) is 18.4 Å². The second-order valence-electron chi connectivity index (χ2n) is 5.33. The fraction of sp³-hybridized carbons (Fsp3) is 0.533. The minimum Gasteiger partial charge on any atom is -0.367 e. The van der Waals surface area contributed by atoms with E-state index in [2.05, 4.69) is 53.7 Å². The van der Waals surface area contributed by atoms with Gasteiger partial charge in [0.25, 0.3) is 0 Å². The van der Waals surface area contributed by atoms with E-state index in [4.69, 9.17) is 0 Å². The zero-order valence-electron chi connectivity index (χ0n) is 11.5. The molecule has 2 atom stereocenters. The molecule has 1 aromatic rings. The second-order valence-corrected chi connectivity index (χ2v) is 6.24. The third kappa shape index (κ3) is 2.33. The van der Waals surface area contributed by atoms with Gasteiger partial charge in [-0.25, -0.2) is 0 Å². The molecule has 0 amide bonds. The van der Waals surface area contributed by atoms with Crippen LogP contribution in [0.4, 0.5) is 5.69 Å². The molecule has 1 aliphatic rings. The van der Waals surface area contributed by atoms with Gasteiger partial charge in [-0.3, -0.25) is 4.79 Å². The number of aryl methyl sites for hydroxylation is 2. The van der Waals surface area contributed by atoms with Gasteiger partial charge in [0.15, 0.2) is 0 Å². The lowest BCUT2D eigenvalue weighted by atomic mass is 9.89. The minimum absolute atomic E-state index is 0.126. The summed E-state index contributed by atoms with van der Waals surface area (Å²) >= 11 is 3.54. The second kappa shape index (κ2) is 5.04. The maximum absolute atomic E-state index is 11.8. The van der Waals surface area contributed by atoms with Crippen LogP contribution < -0.4 is 4.90 Å². The first-order chi connectivity index (χ1) is 8.41. The van der Waals surface area contributed by atoms with Crippen molar-refractivity contribution in [1.29, 1.82) is 0 Å². The lowest BCUT2D eigenvalue weighted by molar-refractivity contribution is -0.123. The highest BCUT2D eigenvalue weighted by molar-refractivity contribution is 9.10. The van der Waals surface area contributed by atoms with Gasteiger partial charge in [0, 0.05) is 35.1 Å². The molecule has 1 heterocycles. The molecule has 0 aliphatic carbocycles. The molecule has 0 radical (unpaired) electrons. The maximum atomic E-state index is 11.8. The molecule has 3 heteroatoms. The van der Waals surface area contributed by atoms with Gasteiger partial charge in [-0.1, -0.05) is 22.9 Å². The summed E-state index contributed by atoms with van der Waals surface area (Å²) in [5, 5.41) is 0. The first-order valence-electron chi connectivity index (χ1n) is 6.48. The van der Waals surface area contributed by atoms with E-state index in [1.165, 1.54) is 16.8 Å². The van der Waals surface area contributed by atoms with Crippen LogP contribution in [0.2, 0.25) is 0 Å². The van der Waals surface area contributed by atoms with Crippen molar-refractivity contribution in [2.24, 2.45) is 5.92 Å². The lowest BCUT2D eigenvalue weighted by Gasteiger charge is -2.40. The first-order valence-corrected chi connectivity index (χ1v) is 7.27. The number of carbonyl (C=O) groups excluding carboxylic acids is 1. The van der Waals surface area contributed by atoms with E-state index in [-0.39, 0.29) is 12.0 Å². The molecule has 2 nitrogen and oxygen atoms in total.